The summed E-state index contributed by atoms with van der Waals surface area (Å²) < 4.78 is 11.4. The number of anilines is 1. The van der Waals surface area contributed by atoms with Gasteiger partial charge in [0.25, 0.3) is 0 Å². The van der Waals surface area contributed by atoms with E-state index in [0.717, 1.165) is 33.8 Å². The highest BCUT2D eigenvalue weighted by Crippen LogP contribution is 2.32. The normalized spacial score (nSPS) is 10.7. The standard InChI is InChI=1S/C24H23N3O2/c1-17-23(18(2)29-27-17)21-13-22(25-14-19-9-5-3-6-10-19)24(26-15-21)28-16-20-11-7-4-8-12-20/h3-13,15,25H,14,16H2,1-2H3. The van der Waals surface area contributed by atoms with E-state index < -0.39 is 0 Å². The topological polar surface area (TPSA) is 60.2 Å². The highest BCUT2D eigenvalue weighted by Gasteiger charge is 2.15. The third-order valence-electron chi connectivity index (χ3n) is 4.72. The second-order valence-corrected chi connectivity index (χ2v) is 6.89. The minimum absolute atomic E-state index is 0.457. The van der Waals surface area contributed by atoms with Crippen molar-refractivity contribution in [1.29, 1.82) is 0 Å². The van der Waals surface area contributed by atoms with E-state index in [1.807, 2.05) is 68.4 Å². The zero-order chi connectivity index (χ0) is 20.1. The summed E-state index contributed by atoms with van der Waals surface area (Å²) in [4.78, 5) is 4.59. The van der Waals surface area contributed by atoms with Crippen LogP contribution in [0.5, 0.6) is 5.88 Å². The highest BCUT2D eigenvalue weighted by molar-refractivity contribution is 5.72. The molecule has 0 aliphatic heterocycles. The number of pyridine rings is 1. The maximum Gasteiger partial charge on any atom is 0.237 e. The average Bonchev–Trinajstić information content (AvgIpc) is 3.10. The molecule has 0 radical (unpaired) electrons. The number of ether oxygens (including phenoxy) is 1. The lowest BCUT2D eigenvalue weighted by Crippen LogP contribution is -2.05. The van der Waals surface area contributed by atoms with Crippen molar-refractivity contribution in [2.75, 3.05) is 5.32 Å². The molecule has 0 bridgehead atoms. The van der Waals surface area contributed by atoms with Gasteiger partial charge in [0.2, 0.25) is 5.88 Å². The molecular formula is C24H23N3O2. The molecule has 5 nitrogen and oxygen atoms in total. The van der Waals surface area contributed by atoms with E-state index in [9.17, 15) is 0 Å². The number of aryl methyl sites for hydroxylation is 2. The van der Waals surface area contributed by atoms with Crippen molar-refractivity contribution in [3.8, 4) is 17.0 Å². The molecule has 4 aromatic rings. The lowest BCUT2D eigenvalue weighted by molar-refractivity contribution is 0.295. The maximum atomic E-state index is 6.03. The molecule has 0 atom stereocenters. The van der Waals surface area contributed by atoms with Gasteiger partial charge in [-0.2, -0.15) is 0 Å². The van der Waals surface area contributed by atoms with E-state index in [4.69, 9.17) is 9.26 Å². The smallest absolute Gasteiger partial charge is 0.237 e. The minimum Gasteiger partial charge on any atom is -0.471 e. The zero-order valence-corrected chi connectivity index (χ0v) is 16.6. The van der Waals surface area contributed by atoms with Gasteiger partial charge in [0, 0.05) is 23.9 Å². The number of hydrogen-bond acceptors (Lipinski definition) is 5. The van der Waals surface area contributed by atoms with Gasteiger partial charge in [-0.1, -0.05) is 65.8 Å². The molecule has 0 fully saturated rings. The monoisotopic (exact) mass is 385 g/mol. The molecule has 2 aromatic carbocycles. The molecule has 0 saturated carbocycles. The van der Waals surface area contributed by atoms with Crippen LogP contribution in [0.2, 0.25) is 0 Å². The molecule has 0 amide bonds. The van der Waals surface area contributed by atoms with Crippen molar-refractivity contribution in [1.82, 2.24) is 10.1 Å². The molecule has 146 valence electrons. The molecule has 0 spiro atoms. The molecule has 2 aromatic heterocycles. The van der Waals surface area contributed by atoms with Crippen LogP contribution in [0.3, 0.4) is 0 Å². The number of hydrogen-bond donors (Lipinski definition) is 1. The third-order valence-corrected chi connectivity index (χ3v) is 4.72. The summed E-state index contributed by atoms with van der Waals surface area (Å²) >= 11 is 0. The second kappa shape index (κ2) is 8.61. The van der Waals surface area contributed by atoms with E-state index in [1.165, 1.54) is 5.56 Å². The summed E-state index contributed by atoms with van der Waals surface area (Å²) in [5, 5.41) is 7.53. The summed E-state index contributed by atoms with van der Waals surface area (Å²) in [5.74, 6) is 1.34. The number of aromatic nitrogens is 2. The molecule has 4 rings (SSSR count). The summed E-state index contributed by atoms with van der Waals surface area (Å²) in [6.07, 6.45) is 1.81. The molecule has 5 heteroatoms. The highest BCUT2D eigenvalue weighted by atomic mass is 16.5. The molecule has 0 saturated heterocycles. The molecule has 0 unspecified atom stereocenters. The minimum atomic E-state index is 0.457. The molecule has 2 heterocycles. The van der Waals surface area contributed by atoms with Gasteiger partial charge in [0.15, 0.2) is 0 Å². The van der Waals surface area contributed by atoms with Crippen molar-refractivity contribution >= 4 is 5.69 Å². The van der Waals surface area contributed by atoms with Crippen LogP contribution in [-0.4, -0.2) is 10.1 Å². The lowest BCUT2D eigenvalue weighted by atomic mass is 10.1. The van der Waals surface area contributed by atoms with Crippen LogP contribution in [0.25, 0.3) is 11.1 Å². The van der Waals surface area contributed by atoms with Crippen LogP contribution >= 0.6 is 0 Å². The summed E-state index contributed by atoms with van der Waals surface area (Å²) in [7, 11) is 0. The molecule has 0 aliphatic rings. The Morgan fingerprint density at radius 2 is 1.62 bits per heavy atom. The van der Waals surface area contributed by atoms with Crippen LogP contribution < -0.4 is 10.1 Å². The van der Waals surface area contributed by atoms with Crippen molar-refractivity contribution in [3.05, 3.63) is 95.5 Å². The first-order valence-electron chi connectivity index (χ1n) is 9.58. The van der Waals surface area contributed by atoms with E-state index >= 15 is 0 Å². The largest absolute Gasteiger partial charge is 0.471 e. The fourth-order valence-corrected chi connectivity index (χ4v) is 3.24. The number of nitrogens with one attached hydrogen (secondary N) is 1. The first-order valence-corrected chi connectivity index (χ1v) is 9.58. The lowest BCUT2D eigenvalue weighted by Gasteiger charge is -2.14. The van der Waals surface area contributed by atoms with Crippen molar-refractivity contribution in [2.24, 2.45) is 0 Å². The Kier molecular flexibility index (Phi) is 5.56. The Morgan fingerprint density at radius 3 is 2.28 bits per heavy atom. The van der Waals surface area contributed by atoms with Crippen LogP contribution in [0.1, 0.15) is 22.6 Å². The molecule has 0 aliphatic carbocycles. The maximum absolute atomic E-state index is 6.03. The predicted molar refractivity (Wildman–Crippen MR) is 114 cm³/mol. The SMILES string of the molecule is Cc1noc(C)c1-c1cnc(OCc2ccccc2)c(NCc2ccccc2)c1. The summed E-state index contributed by atoms with van der Waals surface area (Å²) in [6, 6.07) is 22.4. The van der Waals surface area contributed by atoms with E-state index in [0.29, 0.717) is 19.0 Å². The molecular weight excluding hydrogens is 362 g/mol. The molecule has 29 heavy (non-hydrogen) atoms. The van der Waals surface area contributed by atoms with Gasteiger partial charge >= 0.3 is 0 Å². The first kappa shape index (κ1) is 18.7. The molecule has 1 N–H and O–H groups in total. The van der Waals surface area contributed by atoms with Gasteiger partial charge in [-0.15, -0.1) is 0 Å². The Balaban J connectivity index is 1.62. The average molecular weight is 385 g/mol. The van der Waals surface area contributed by atoms with Crippen molar-refractivity contribution in [2.45, 2.75) is 27.0 Å². The fraction of sp³-hybridized carbons (Fsp3) is 0.167. The number of nitrogens with zero attached hydrogens (tertiary/aromatic N) is 2. The summed E-state index contributed by atoms with van der Waals surface area (Å²) in [6.45, 7) is 4.97. The van der Waals surface area contributed by atoms with Gasteiger partial charge in [-0.05, 0) is 31.0 Å². The Morgan fingerprint density at radius 1 is 0.931 bits per heavy atom. The van der Waals surface area contributed by atoms with Gasteiger partial charge in [0.05, 0.1) is 11.4 Å². The van der Waals surface area contributed by atoms with Crippen LogP contribution in [0.15, 0.2) is 77.4 Å². The van der Waals surface area contributed by atoms with E-state index in [-0.39, 0.29) is 0 Å². The summed E-state index contributed by atoms with van der Waals surface area (Å²) in [5.41, 5.74) is 5.87. The van der Waals surface area contributed by atoms with Gasteiger partial charge in [-0.3, -0.25) is 0 Å². The Labute approximate surface area is 170 Å². The zero-order valence-electron chi connectivity index (χ0n) is 16.6. The Hall–Kier alpha value is -3.60. The number of benzene rings is 2. The Bertz CT molecular complexity index is 1060. The van der Waals surface area contributed by atoms with E-state index in [1.54, 1.807) is 6.20 Å². The van der Waals surface area contributed by atoms with Crippen LogP contribution in [-0.2, 0) is 13.2 Å². The van der Waals surface area contributed by atoms with E-state index in [2.05, 4.69) is 27.6 Å². The van der Waals surface area contributed by atoms with Crippen LogP contribution in [0.4, 0.5) is 5.69 Å². The van der Waals surface area contributed by atoms with Gasteiger partial charge in [0.1, 0.15) is 12.4 Å². The first-order chi connectivity index (χ1) is 14.2. The quantitative estimate of drug-likeness (QED) is 0.452. The van der Waals surface area contributed by atoms with Gasteiger partial charge < -0.3 is 14.6 Å². The van der Waals surface area contributed by atoms with Crippen molar-refractivity contribution < 1.29 is 9.26 Å². The van der Waals surface area contributed by atoms with Gasteiger partial charge in [-0.25, -0.2) is 4.98 Å². The fourth-order valence-electron chi connectivity index (χ4n) is 3.24. The third kappa shape index (κ3) is 4.46. The van der Waals surface area contributed by atoms with Crippen molar-refractivity contribution in [3.63, 3.8) is 0 Å². The number of rotatable bonds is 7. The van der Waals surface area contributed by atoms with Crippen LogP contribution in [0, 0.1) is 13.8 Å². The second-order valence-electron chi connectivity index (χ2n) is 6.89. The predicted octanol–water partition coefficient (Wildman–Crippen LogP) is 5.54.